The third kappa shape index (κ3) is 5.90. The van der Waals surface area contributed by atoms with E-state index in [4.69, 9.17) is 4.74 Å². The van der Waals surface area contributed by atoms with Crippen LogP contribution < -0.4 is 10.1 Å². The number of carbonyl (C=O) groups excluding carboxylic acids is 2. The molecule has 0 saturated carbocycles. The van der Waals surface area contributed by atoms with E-state index in [0.717, 1.165) is 11.4 Å². The van der Waals surface area contributed by atoms with Crippen molar-refractivity contribution in [2.24, 2.45) is 0 Å². The molecular weight excluding hydrogens is 424 g/mol. The number of nitrogens with zero attached hydrogens (tertiary/aromatic N) is 1. The number of methoxy groups -OCH3 is 1. The van der Waals surface area contributed by atoms with E-state index in [9.17, 15) is 26.4 Å². The summed E-state index contributed by atoms with van der Waals surface area (Å²) in [5.41, 5.74) is 0. The maximum absolute atomic E-state index is 13.0. The van der Waals surface area contributed by atoms with Crippen LogP contribution in [-0.4, -0.2) is 77.4 Å². The summed E-state index contributed by atoms with van der Waals surface area (Å²) in [7, 11) is -6.05. The summed E-state index contributed by atoms with van der Waals surface area (Å²) in [5, 5.41) is 2.54. The summed E-state index contributed by atoms with van der Waals surface area (Å²) in [5.74, 6) is -1.07. The highest BCUT2D eigenvalue weighted by molar-refractivity contribution is 7.91. The fourth-order valence-electron chi connectivity index (χ4n) is 2.69. The minimum absolute atomic E-state index is 0.0167. The van der Waals surface area contributed by atoms with E-state index >= 15 is 0 Å². The van der Waals surface area contributed by atoms with Crippen molar-refractivity contribution in [1.29, 1.82) is 0 Å². The Morgan fingerprint density at radius 3 is 2.45 bits per heavy atom. The zero-order chi connectivity index (χ0) is 21.7. The van der Waals surface area contributed by atoms with Crippen LogP contribution in [0.5, 0.6) is 5.75 Å². The molecule has 0 spiro atoms. The maximum Gasteiger partial charge on any atom is 0.307 e. The first-order valence-electron chi connectivity index (χ1n) is 8.90. The summed E-state index contributed by atoms with van der Waals surface area (Å²) in [6.45, 7) is 1.64. The van der Waals surface area contributed by atoms with Crippen molar-refractivity contribution in [3.63, 3.8) is 0 Å². The predicted octanol–water partition coefficient (Wildman–Crippen LogP) is -0.448. The molecule has 29 heavy (non-hydrogen) atoms. The molecule has 1 N–H and O–H groups in total. The van der Waals surface area contributed by atoms with Crippen LogP contribution >= 0.6 is 0 Å². The Labute approximate surface area is 170 Å². The fourth-order valence-corrected chi connectivity index (χ4v) is 4.90. The van der Waals surface area contributed by atoms with Crippen LogP contribution in [0.4, 0.5) is 0 Å². The van der Waals surface area contributed by atoms with Gasteiger partial charge in [-0.15, -0.1) is 0 Å². The zero-order valence-electron chi connectivity index (χ0n) is 16.2. The predicted molar refractivity (Wildman–Crippen MR) is 104 cm³/mol. The molecule has 2 rings (SSSR count). The number of benzene rings is 1. The first-order chi connectivity index (χ1) is 13.6. The molecule has 1 atom stereocenters. The lowest BCUT2D eigenvalue weighted by Gasteiger charge is -2.33. The van der Waals surface area contributed by atoms with E-state index in [1.807, 2.05) is 0 Å². The Hall–Kier alpha value is -2.18. The third-order valence-electron chi connectivity index (χ3n) is 4.40. The van der Waals surface area contributed by atoms with Crippen molar-refractivity contribution in [3.05, 3.63) is 24.3 Å². The minimum Gasteiger partial charge on any atom is -0.493 e. The van der Waals surface area contributed by atoms with Crippen molar-refractivity contribution in [1.82, 2.24) is 9.62 Å². The van der Waals surface area contributed by atoms with Gasteiger partial charge in [-0.2, -0.15) is 4.31 Å². The number of sulfonamides is 1. The Bertz CT molecular complexity index is 942. The molecule has 1 aromatic carbocycles. The van der Waals surface area contributed by atoms with E-state index in [2.05, 4.69) is 10.1 Å². The normalized spacial score (nSPS) is 18.1. The molecule has 0 radical (unpaired) electrons. The number of ether oxygens (including phenoxy) is 2. The first kappa shape index (κ1) is 23.1. The average molecular weight is 449 g/mol. The molecule has 10 nitrogen and oxygen atoms in total. The van der Waals surface area contributed by atoms with Gasteiger partial charge in [-0.1, -0.05) is 6.92 Å². The highest BCUT2D eigenvalue weighted by Gasteiger charge is 2.39. The number of nitrogens with one attached hydrogen (secondary N) is 1. The van der Waals surface area contributed by atoms with E-state index in [1.165, 1.54) is 24.3 Å². The van der Waals surface area contributed by atoms with Gasteiger partial charge in [0.05, 0.1) is 24.2 Å². The van der Waals surface area contributed by atoms with Crippen LogP contribution in [0.25, 0.3) is 0 Å². The quantitative estimate of drug-likeness (QED) is 0.502. The summed E-state index contributed by atoms with van der Waals surface area (Å²) < 4.78 is 59.8. The van der Waals surface area contributed by atoms with Gasteiger partial charge in [-0.05, 0) is 24.3 Å². The zero-order valence-corrected chi connectivity index (χ0v) is 17.8. The van der Waals surface area contributed by atoms with Crippen LogP contribution in [0, 0.1) is 0 Å². The van der Waals surface area contributed by atoms with E-state index in [1.54, 1.807) is 6.92 Å². The van der Waals surface area contributed by atoms with Gasteiger partial charge in [0.15, 0.2) is 9.84 Å². The highest BCUT2D eigenvalue weighted by atomic mass is 32.2. The monoisotopic (exact) mass is 448 g/mol. The van der Waals surface area contributed by atoms with Crippen molar-refractivity contribution in [3.8, 4) is 5.75 Å². The third-order valence-corrected chi connectivity index (χ3v) is 7.99. The van der Waals surface area contributed by atoms with Crippen molar-refractivity contribution >= 4 is 31.7 Å². The molecule has 162 valence electrons. The highest BCUT2D eigenvalue weighted by Crippen LogP contribution is 2.24. The topological polar surface area (TPSA) is 136 Å². The number of rotatable bonds is 9. The minimum atomic E-state index is -4.05. The van der Waals surface area contributed by atoms with Crippen LogP contribution in [-0.2, 0) is 34.2 Å². The second kappa shape index (κ2) is 9.55. The average Bonchev–Trinajstić information content (AvgIpc) is 2.69. The summed E-state index contributed by atoms with van der Waals surface area (Å²) >= 11 is 0. The van der Waals surface area contributed by atoms with E-state index in [0.29, 0.717) is 5.75 Å². The Kier molecular flexibility index (Phi) is 7.60. The fraction of sp³-hybridized carbons (Fsp3) is 0.529. The second-order valence-corrected chi connectivity index (χ2v) is 10.6. The molecule has 12 heteroatoms. The lowest BCUT2D eigenvalue weighted by Crippen LogP contribution is -2.57. The number of amides is 1. The van der Waals surface area contributed by atoms with Gasteiger partial charge >= 0.3 is 5.97 Å². The van der Waals surface area contributed by atoms with Gasteiger partial charge in [-0.25, -0.2) is 16.8 Å². The molecule has 1 unspecified atom stereocenters. The SMILES string of the molecule is CCS(=O)(=O)CCOc1ccc(S(=O)(=O)N2CCNC(=O)C2CC(=O)OC)cc1. The molecule has 0 bridgehead atoms. The molecular formula is C17H24N2O8S2. The van der Waals surface area contributed by atoms with Crippen molar-refractivity contribution in [2.75, 3.05) is 38.3 Å². The van der Waals surface area contributed by atoms with Gasteiger partial charge in [0.1, 0.15) is 18.4 Å². The number of carbonyl (C=O) groups is 2. The maximum atomic E-state index is 13.0. The Morgan fingerprint density at radius 1 is 1.21 bits per heavy atom. The van der Waals surface area contributed by atoms with E-state index in [-0.39, 0.29) is 36.1 Å². The van der Waals surface area contributed by atoms with Gasteiger partial charge < -0.3 is 14.8 Å². The van der Waals surface area contributed by atoms with Gasteiger partial charge in [0.2, 0.25) is 15.9 Å². The first-order valence-corrected chi connectivity index (χ1v) is 12.2. The van der Waals surface area contributed by atoms with Crippen molar-refractivity contribution < 1.29 is 35.9 Å². The van der Waals surface area contributed by atoms with E-state index < -0.39 is 44.2 Å². The number of piperazine rings is 1. The molecule has 1 amide bonds. The summed E-state index contributed by atoms with van der Waals surface area (Å²) in [6, 6.07) is 4.23. The van der Waals surface area contributed by atoms with Crippen molar-refractivity contribution in [2.45, 2.75) is 24.3 Å². The largest absolute Gasteiger partial charge is 0.493 e. The summed E-state index contributed by atoms with van der Waals surface area (Å²) in [4.78, 5) is 23.6. The van der Waals surface area contributed by atoms with Gasteiger partial charge in [-0.3, -0.25) is 9.59 Å². The molecule has 1 saturated heterocycles. The van der Waals surface area contributed by atoms with Crippen LogP contribution in [0.15, 0.2) is 29.2 Å². The Balaban J connectivity index is 2.14. The molecule has 1 aliphatic rings. The lowest BCUT2D eigenvalue weighted by atomic mass is 10.1. The number of sulfone groups is 1. The van der Waals surface area contributed by atoms with Crippen LogP contribution in [0.2, 0.25) is 0 Å². The molecule has 0 aromatic heterocycles. The molecule has 1 heterocycles. The smallest absolute Gasteiger partial charge is 0.307 e. The standard InChI is InChI=1S/C17H24N2O8S2/c1-3-28(22,23)11-10-27-13-4-6-14(7-5-13)29(24,25)19-9-8-18-17(21)15(19)12-16(20)26-2/h4-7,15H,3,8-12H2,1-2H3,(H,18,21). The van der Waals surface area contributed by atoms with Crippen LogP contribution in [0.3, 0.4) is 0 Å². The number of hydrogen-bond donors (Lipinski definition) is 1. The Morgan fingerprint density at radius 2 is 1.86 bits per heavy atom. The van der Waals surface area contributed by atoms with Gasteiger partial charge in [0.25, 0.3) is 0 Å². The molecule has 0 aliphatic carbocycles. The molecule has 1 fully saturated rings. The number of esters is 1. The number of hydrogen-bond acceptors (Lipinski definition) is 8. The molecule has 1 aromatic rings. The lowest BCUT2D eigenvalue weighted by molar-refractivity contribution is -0.144. The van der Waals surface area contributed by atoms with Crippen LogP contribution in [0.1, 0.15) is 13.3 Å². The van der Waals surface area contributed by atoms with Gasteiger partial charge in [0, 0.05) is 18.8 Å². The summed E-state index contributed by atoms with van der Waals surface area (Å²) in [6.07, 6.45) is -0.394. The molecule has 1 aliphatic heterocycles. The second-order valence-electron chi connectivity index (χ2n) is 6.26.